The van der Waals surface area contributed by atoms with Gasteiger partial charge in [-0.1, -0.05) is 0 Å². The summed E-state index contributed by atoms with van der Waals surface area (Å²) in [6.07, 6.45) is 0. The Hall–Kier alpha value is 2.78. The second-order valence-electron chi connectivity index (χ2n) is 0. The Morgan fingerprint density at radius 2 is 0.273 bits per heavy atom. The second kappa shape index (κ2) is 229. The maximum atomic E-state index is 0. The van der Waals surface area contributed by atoms with E-state index in [-0.39, 0.29) is 153 Å². The average molecular weight is 441 g/mol. The summed E-state index contributed by atoms with van der Waals surface area (Å²) in [5, 5.41) is 0. The van der Waals surface area contributed by atoms with E-state index in [4.69, 9.17) is 0 Å². The zero-order valence-electron chi connectivity index (χ0n) is 9.91. The van der Waals surface area contributed by atoms with Crippen molar-refractivity contribution in [1.29, 1.82) is 0 Å². The van der Waals surface area contributed by atoms with Crippen molar-refractivity contribution in [1.82, 2.24) is 0 Å². The summed E-state index contributed by atoms with van der Waals surface area (Å²) < 4.78 is 0. The number of rotatable bonds is 0. The molecule has 0 spiro atoms. The molecule has 0 saturated heterocycles. The van der Waals surface area contributed by atoms with E-state index in [1.54, 1.807) is 0 Å². The molecule has 18 N–H and O–H groups in total. The Kier molecular flexibility index (Phi) is 6060. The first-order valence-electron chi connectivity index (χ1n) is 0. The van der Waals surface area contributed by atoms with Crippen molar-refractivity contribution in [2.45, 2.75) is 0 Å². The maximum Gasteiger partial charge on any atom is 2.00 e. The van der Waals surface area contributed by atoms with E-state index in [0.29, 0.717) is 0 Å². The zero-order valence-corrected chi connectivity index (χ0v) is 14.8. The normalized spacial score (nSPS) is 0. The molecule has 11 heteroatoms. The summed E-state index contributed by atoms with van der Waals surface area (Å²) in [6.45, 7) is 0. The van der Waals surface area contributed by atoms with Crippen LogP contribution in [0, 0.1) is 0 Å². The van der Waals surface area contributed by atoms with Crippen LogP contribution in [0.2, 0.25) is 0 Å². The van der Waals surface area contributed by atoms with Gasteiger partial charge in [-0.3, -0.25) is 0 Å². The molecule has 0 aromatic heterocycles. The molecule has 0 aliphatic heterocycles. The van der Waals surface area contributed by atoms with Crippen LogP contribution in [0.25, 0.3) is 0 Å². The minimum Gasteiger partial charge on any atom is -1.00 e. The van der Waals surface area contributed by atoms with E-state index >= 15 is 0 Å². The Morgan fingerprint density at radius 1 is 0.273 bits per heavy atom. The van der Waals surface area contributed by atoms with Crippen molar-refractivity contribution >= 4 is 97.8 Å². The molecule has 80 valence electrons. The standard InChI is InChI=1S/2Ba.9H2O.4H/h;;9*1H2;;;;/q2*+2;;;;;;;;;;4*-1. The van der Waals surface area contributed by atoms with Crippen LogP contribution < -0.4 is 0 Å². The quantitative estimate of drug-likeness (QED) is 0.317. The van der Waals surface area contributed by atoms with E-state index in [9.17, 15) is 0 Å². The first-order chi connectivity index (χ1) is 0. The molecule has 0 heterocycles. The van der Waals surface area contributed by atoms with E-state index < -0.39 is 0 Å². The van der Waals surface area contributed by atoms with Gasteiger partial charge in [0.15, 0.2) is 0 Å². The molecular weight excluding hydrogens is 419 g/mol. The topological polar surface area (TPSA) is 284 Å². The van der Waals surface area contributed by atoms with Gasteiger partial charge in [-0.2, -0.15) is 0 Å². The molecule has 0 aliphatic carbocycles. The van der Waals surface area contributed by atoms with E-state index in [1.165, 1.54) is 0 Å². The molecule has 0 radical (unpaired) electrons. The largest absolute Gasteiger partial charge is 2.00 e. The fourth-order valence-corrected chi connectivity index (χ4v) is 0. The minimum atomic E-state index is 0. The Labute approximate surface area is 150 Å². The van der Waals surface area contributed by atoms with Gasteiger partial charge in [0.25, 0.3) is 0 Å². The van der Waals surface area contributed by atoms with Crippen molar-refractivity contribution in [3.8, 4) is 0 Å². The first-order valence-corrected chi connectivity index (χ1v) is 0. The van der Waals surface area contributed by atoms with Gasteiger partial charge in [-0.25, -0.2) is 0 Å². The summed E-state index contributed by atoms with van der Waals surface area (Å²) in [5.41, 5.74) is 0. The van der Waals surface area contributed by atoms with Gasteiger partial charge in [0, 0.05) is 0 Å². The van der Waals surface area contributed by atoms with Gasteiger partial charge >= 0.3 is 97.8 Å². The van der Waals surface area contributed by atoms with Crippen LogP contribution in [0.3, 0.4) is 0 Å². The molecule has 0 amide bonds. The molecule has 0 fully saturated rings. The third-order valence-corrected chi connectivity index (χ3v) is 0. The van der Waals surface area contributed by atoms with Gasteiger partial charge in [0.1, 0.15) is 0 Å². The summed E-state index contributed by atoms with van der Waals surface area (Å²) in [7, 11) is 0. The van der Waals surface area contributed by atoms with Gasteiger partial charge in [0.2, 0.25) is 0 Å². The molecule has 0 aromatic carbocycles. The second-order valence-corrected chi connectivity index (χ2v) is 0. The molecule has 9 nitrogen and oxygen atoms in total. The van der Waals surface area contributed by atoms with E-state index in [2.05, 4.69) is 0 Å². The van der Waals surface area contributed by atoms with Crippen LogP contribution in [-0.2, 0) is 0 Å². The zero-order chi connectivity index (χ0) is 0. The maximum absolute atomic E-state index is 0. The van der Waals surface area contributed by atoms with Crippen molar-refractivity contribution < 1.29 is 55.0 Å². The van der Waals surface area contributed by atoms with Crippen LogP contribution in [-0.4, -0.2) is 147 Å². The molecule has 0 saturated carbocycles. The predicted molar refractivity (Wildman–Crippen MR) is 48.5 cm³/mol. The van der Waals surface area contributed by atoms with Gasteiger partial charge in [0.05, 0.1) is 0 Å². The Balaban J connectivity index is 0. The Morgan fingerprint density at radius 3 is 0.273 bits per heavy atom. The van der Waals surface area contributed by atoms with Gasteiger partial charge in [-0.15, -0.1) is 0 Å². The van der Waals surface area contributed by atoms with Crippen LogP contribution in [0.5, 0.6) is 0 Å². The van der Waals surface area contributed by atoms with Crippen LogP contribution in [0.1, 0.15) is 5.71 Å². The fraction of sp³-hybridized carbons (Fsp3) is 0. The molecular formula is H22Ba2O9. The van der Waals surface area contributed by atoms with Crippen molar-refractivity contribution in [3.63, 3.8) is 0 Å². The van der Waals surface area contributed by atoms with E-state index in [1.807, 2.05) is 0 Å². The monoisotopic (exact) mass is 442 g/mol. The SMILES string of the molecule is O.O.O.O.O.O.O.O.O.[Ba+2].[Ba+2].[H-].[H-].[H-].[H-]. The van der Waals surface area contributed by atoms with Gasteiger partial charge in [-0.05, 0) is 0 Å². The average Bonchev–Trinajstić information content (AvgIpc) is 0. The predicted octanol–water partition coefficient (Wildman–Crippen LogP) is -7.73. The number of hydrogen-bond acceptors (Lipinski definition) is 0. The first kappa shape index (κ1) is 291. The molecule has 0 bridgehead atoms. The van der Waals surface area contributed by atoms with Crippen molar-refractivity contribution in [2.24, 2.45) is 0 Å². The third-order valence-electron chi connectivity index (χ3n) is 0. The third kappa shape index (κ3) is 192. The van der Waals surface area contributed by atoms with Crippen molar-refractivity contribution in [2.75, 3.05) is 0 Å². The van der Waals surface area contributed by atoms with E-state index in [0.717, 1.165) is 0 Å². The summed E-state index contributed by atoms with van der Waals surface area (Å²) in [6, 6.07) is 0. The molecule has 0 rings (SSSR count). The van der Waals surface area contributed by atoms with Crippen molar-refractivity contribution in [3.05, 3.63) is 0 Å². The fourth-order valence-electron chi connectivity index (χ4n) is 0. The molecule has 0 aliphatic rings. The summed E-state index contributed by atoms with van der Waals surface area (Å²) in [4.78, 5) is 0. The van der Waals surface area contributed by atoms with Crippen LogP contribution in [0.15, 0.2) is 0 Å². The van der Waals surface area contributed by atoms with Gasteiger partial charge < -0.3 is 55.0 Å². The molecule has 0 atom stereocenters. The smallest absolute Gasteiger partial charge is 1.00 e. The van der Waals surface area contributed by atoms with Crippen LogP contribution >= 0.6 is 0 Å². The molecule has 0 aromatic rings. The molecule has 11 heavy (non-hydrogen) atoms. The minimum absolute atomic E-state index is 0. The molecule has 0 unspecified atom stereocenters. The summed E-state index contributed by atoms with van der Waals surface area (Å²) in [5.74, 6) is 0. The number of hydrogen-bond donors (Lipinski definition) is 0. The van der Waals surface area contributed by atoms with Crippen LogP contribution in [0.4, 0.5) is 0 Å². The Bertz CT molecular complexity index is 20.1. The summed E-state index contributed by atoms with van der Waals surface area (Å²) >= 11 is 0.